The van der Waals surface area contributed by atoms with Crippen LogP contribution in [0.15, 0.2) is 12.4 Å². The van der Waals surface area contributed by atoms with Crippen LogP contribution in [0.4, 0.5) is 0 Å². The molecular weight excluding hydrogens is 288 g/mol. The number of aromatic nitrogens is 2. The summed E-state index contributed by atoms with van der Waals surface area (Å²) >= 11 is 0. The Kier molecular flexibility index (Phi) is 5.36. The van der Waals surface area contributed by atoms with E-state index in [1.807, 2.05) is 24.0 Å². The molecule has 5 heteroatoms. The number of rotatable bonds is 4. The van der Waals surface area contributed by atoms with Crippen LogP contribution in [0.5, 0.6) is 0 Å². The van der Waals surface area contributed by atoms with Gasteiger partial charge in [-0.05, 0) is 11.8 Å². The van der Waals surface area contributed by atoms with Crippen molar-refractivity contribution in [1.29, 1.82) is 0 Å². The predicted molar refractivity (Wildman–Crippen MR) is 90.9 cm³/mol. The second kappa shape index (κ2) is 7.47. The molecule has 2 aliphatic rings. The van der Waals surface area contributed by atoms with E-state index in [1.54, 1.807) is 0 Å². The van der Waals surface area contributed by atoms with Gasteiger partial charge in [0.25, 0.3) is 0 Å². The zero-order chi connectivity index (χ0) is 16.2. The van der Waals surface area contributed by atoms with Crippen LogP contribution in [-0.4, -0.2) is 40.0 Å². The van der Waals surface area contributed by atoms with Gasteiger partial charge in [0.15, 0.2) is 0 Å². The molecule has 1 saturated heterocycles. The van der Waals surface area contributed by atoms with E-state index in [0.717, 1.165) is 31.4 Å². The number of hydrogen-bond donors (Lipinski definition) is 1. The van der Waals surface area contributed by atoms with E-state index in [-0.39, 0.29) is 6.04 Å². The number of nitrogens with zero attached hydrogens (tertiary/aromatic N) is 3. The molecular formula is C18H30N4O. The SMILES string of the molecule is CC(CC(=O)N1CCNCC1c1nccn1C)C1CCCCC1. The van der Waals surface area contributed by atoms with Crippen LogP contribution in [0, 0.1) is 11.8 Å². The van der Waals surface area contributed by atoms with Crippen LogP contribution in [0.25, 0.3) is 0 Å². The van der Waals surface area contributed by atoms with E-state index in [9.17, 15) is 4.79 Å². The normalized spacial score (nSPS) is 24.6. The molecule has 1 N–H and O–H groups in total. The fraction of sp³-hybridized carbons (Fsp3) is 0.778. The molecule has 1 aromatic rings. The summed E-state index contributed by atoms with van der Waals surface area (Å²) < 4.78 is 2.03. The summed E-state index contributed by atoms with van der Waals surface area (Å²) in [7, 11) is 2.00. The number of hydrogen-bond acceptors (Lipinski definition) is 3. The predicted octanol–water partition coefficient (Wildman–Crippen LogP) is 2.50. The molecule has 1 aliphatic heterocycles. The van der Waals surface area contributed by atoms with E-state index in [0.29, 0.717) is 18.2 Å². The zero-order valence-electron chi connectivity index (χ0n) is 14.5. The molecule has 0 bridgehead atoms. The Bertz CT molecular complexity index is 521. The lowest BCUT2D eigenvalue weighted by atomic mass is 9.79. The van der Waals surface area contributed by atoms with Gasteiger partial charge in [0, 0.05) is 45.5 Å². The van der Waals surface area contributed by atoms with Crippen molar-refractivity contribution < 1.29 is 4.79 Å². The molecule has 3 rings (SSSR count). The summed E-state index contributed by atoms with van der Waals surface area (Å²) in [6, 6.07) is 0.0646. The van der Waals surface area contributed by atoms with Gasteiger partial charge >= 0.3 is 0 Å². The molecule has 0 aromatic carbocycles. The lowest BCUT2D eigenvalue weighted by Gasteiger charge is -2.37. The molecule has 2 fully saturated rings. The second-order valence-electron chi connectivity index (χ2n) is 7.28. The molecule has 2 unspecified atom stereocenters. The minimum Gasteiger partial charge on any atom is -0.336 e. The van der Waals surface area contributed by atoms with Gasteiger partial charge in [-0.3, -0.25) is 4.79 Å². The van der Waals surface area contributed by atoms with Gasteiger partial charge in [0.1, 0.15) is 11.9 Å². The maximum Gasteiger partial charge on any atom is 0.223 e. The van der Waals surface area contributed by atoms with Crippen molar-refractivity contribution in [3.63, 3.8) is 0 Å². The average Bonchev–Trinajstić information content (AvgIpc) is 3.01. The highest BCUT2D eigenvalue weighted by molar-refractivity contribution is 5.77. The topological polar surface area (TPSA) is 50.2 Å². The van der Waals surface area contributed by atoms with E-state index >= 15 is 0 Å². The lowest BCUT2D eigenvalue weighted by Crippen LogP contribution is -2.49. The van der Waals surface area contributed by atoms with Crippen LogP contribution in [0.1, 0.15) is 57.3 Å². The van der Waals surface area contributed by atoms with Crippen molar-refractivity contribution in [2.45, 2.75) is 51.5 Å². The van der Waals surface area contributed by atoms with Gasteiger partial charge < -0.3 is 14.8 Å². The molecule has 2 heterocycles. The molecule has 1 saturated carbocycles. The first-order valence-corrected chi connectivity index (χ1v) is 9.14. The Morgan fingerprint density at radius 1 is 1.39 bits per heavy atom. The fourth-order valence-electron chi connectivity index (χ4n) is 4.19. The van der Waals surface area contributed by atoms with Crippen LogP contribution < -0.4 is 5.32 Å². The molecule has 0 spiro atoms. The number of aryl methyl sites for hydroxylation is 1. The maximum absolute atomic E-state index is 12.9. The van der Waals surface area contributed by atoms with Gasteiger partial charge in [-0.25, -0.2) is 4.98 Å². The molecule has 1 aliphatic carbocycles. The summed E-state index contributed by atoms with van der Waals surface area (Å²) in [5.74, 6) is 2.52. The number of amides is 1. The first-order valence-electron chi connectivity index (χ1n) is 9.14. The smallest absolute Gasteiger partial charge is 0.223 e. The van der Waals surface area contributed by atoms with Crippen molar-refractivity contribution in [1.82, 2.24) is 19.8 Å². The summed E-state index contributed by atoms with van der Waals surface area (Å²) in [5, 5.41) is 3.40. The van der Waals surface area contributed by atoms with Crippen molar-refractivity contribution in [2.24, 2.45) is 18.9 Å². The summed E-state index contributed by atoms with van der Waals surface area (Å²) in [6.07, 6.45) is 11.1. The standard InChI is InChI=1S/C18H30N4O/c1-14(15-6-4-3-5-7-15)12-17(23)22-11-8-19-13-16(22)18-20-9-10-21(18)2/h9-10,14-16,19H,3-8,11-13H2,1-2H3. The second-order valence-corrected chi connectivity index (χ2v) is 7.28. The summed E-state index contributed by atoms with van der Waals surface area (Å²) in [4.78, 5) is 19.5. The third-order valence-electron chi connectivity index (χ3n) is 5.67. The van der Waals surface area contributed by atoms with E-state index in [4.69, 9.17) is 0 Å². The quantitative estimate of drug-likeness (QED) is 0.928. The van der Waals surface area contributed by atoms with Gasteiger partial charge in [-0.2, -0.15) is 0 Å². The van der Waals surface area contributed by atoms with Crippen molar-refractivity contribution in [2.75, 3.05) is 19.6 Å². The fourth-order valence-corrected chi connectivity index (χ4v) is 4.19. The minimum atomic E-state index is 0.0646. The van der Waals surface area contributed by atoms with Crippen molar-refractivity contribution in [3.05, 3.63) is 18.2 Å². The lowest BCUT2D eigenvalue weighted by molar-refractivity contribution is -0.136. The minimum absolute atomic E-state index is 0.0646. The zero-order valence-corrected chi connectivity index (χ0v) is 14.5. The molecule has 2 atom stereocenters. The number of carbonyl (C=O) groups is 1. The molecule has 1 aromatic heterocycles. The van der Waals surface area contributed by atoms with Crippen LogP contribution in [0.3, 0.4) is 0 Å². The Morgan fingerprint density at radius 3 is 2.87 bits per heavy atom. The Hall–Kier alpha value is -1.36. The number of carbonyl (C=O) groups excluding carboxylic acids is 1. The highest BCUT2D eigenvalue weighted by Crippen LogP contribution is 2.32. The van der Waals surface area contributed by atoms with Crippen molar-refractivity contribution in [3.8, 4) is 0 Å². The van der Waals surface area contributed by atoms with E-state index in [1.165, 1.54) is 32.1 Å². The molecule has 1 amide bonds. The largest absolute Gasteiger partial charge is 0.336 e. The highest BCUT2D eigenvalue weighted by Gasteiger charge is 2.32. The molecule has 0 radical (unpaired) electrons. The third-order valence-corrected chi connectivity index (χ3v) is 5.67. The first kappa shape index (κ1) is 16.5. The highest BCUT2D eigenvalue weighted by atomic mass is 16.2. The molecule has 128 valence electrons. The van der Waals surface area contributed by atoms with Crippen LogP contribution >= 0.6 is 0 Å². The van der Waals surface area contributed by atoms with E-state index in [2.05, 4.69) is 22.1 Å². The van der Waals surface area contributed by atoms with Gasteiger partial charge in [-0.15, -0.1) is 0 Å². The van der Waals surface area contributed by atoms with Crippen molar-refractivity contribution >= 4 is 5.91 Å². The van der Waals surface area contributed by atoms with E-state index < -0.39 is 0 Å². The third kappa shape index (κ3) is 3.77. The van der Waals surface area contributed by atoms with Gasteiger partial charge in [0.2, 0.25) is 5.91 Å². The van der Waals surface area contributed by atoms with Crippen LogP contribution in [-0.2, 0) is 11.8 Å². The maximum atomic E-state index is 12.9. The number of nitrogens with one attached hydrogen (secondary N) is 1. The number of imidazole rings is 1. The monoisotopic (exact) mass is 318 g/mol. The van der Waals surface area contributed by atoms with Gasteiger partial charge in [0.05, 0.1) is 0 Å². The molecule has 5 nitrogen and oxygen atoms in total. The Labute approximate surface area is 139 Å². The molecule has 23 heavy (non-hydrogen) atoms. The van der Waals surface area contributed by atoms with Crippen LogP contribution in [0.2, 0.25) is 0 Å². The van der Waals surface area contributed by atoms with Gasteiger partial charge in [-0.1, -0.05) is 39.0 Å². The summed E-state index contributed by atoms with van der Waals surface area (Å²) in [6.45, 7) is 4.73. The Balaban J connectivity index is 1.65. The first-order chi connectivity index (χ1) is 11.2. The Morgan fingerprint density at radius 2 is 2.17 bits per heavy atom. The number of piperazine rings is 1. The summed E-state index contributed by atoms with van der Waals surface area (Å²) in [5.41, 5.74) is 0. The average molecular weight is 318 g/mol.